The van der Waals surface area contributed by atoms with E-state index < -0.39 is 31.5 Å². The van der Waals surface area contributed by atoms with Crippen molar-refractivity contribution in [2.75, 3.05) is 30.2 Å². The quantitative estimate of drug-likeness (QED) is 0.474. The van der Waals surface area contributed by atoms with Crippen LogP contribution in [0.25, 0.3) is 0 Å². The Hall–Kier alpha value is 0.150. The summed E-state index contributed by atoms with van der Waals surface area (Å²) in [5.41, 5.74) is 0. The lowest BCUT2D eigenvalue weighted by Gasteiger charge is -2.02. The highest BCUT2D eigenvalue weighted by molar-refractivity contribution is 7.92. The maximum Gasteiger partial charge on any atom is 0.268 e. The van der Waals surface area contributed by atoms with Gasteiger partial charge in [0.1, 0.15) is 9.84 Å². The fraction of sp³-hybridized carbons (Fsp3) is 1.00. The van der Waals surface area contributed by atoms with Crippen LogP contribution in [0.4, 0.5) is 0 Å². The predicted octanol–water partition coefficient (Wildman–Crippen LogP) is -0.384. The number of rotatable bonds is 6. The largest absolute Gasteiger partial charge is 0.269 e. The van der Waals surface area contributed by atoms with Crippen molar-refractivity contribution in [2.24, 2.45) is 0 Å². The summed E-state index contributed by atoms with van der Waals surface area (Å²) >= 11 is 5.19. The molecular formula is C5H11ClO5S2. The number of hydrogen-bond donors (Lipinski definition) is 0. The Labute approximate surface area is 83.1 Å². The van der Waals surface area contributed by atoms with Crippen molar-refractivity contribution < 1.29 is 21.0 Å². The summed E-state index contributed by atoms with van der Waals surface area (Å²) in [5.74, 6) is -0.904. The Morgan fingerprint density at radius 2 is 1.69 bits per heavy atom. The first-order chi connectivity index (χ1) is 5.77. The van der Waals surface area contributed by atoms with Crippen molar-refractivity contribution in [3.05, 3.63) is 0 Å². The van der Waals surface area contributed by atoms with Gasteiger partial charge in [-0.2, -0.15) is 8.42 Å². The van der Waals surface area contributed by atoms with Crippen molar-refractivity contribution >= 4 is 31.6 Å². The molecule has 0 amide bonds. The molecule has 0 unspecified atom stereocenters. The molecule has 8 heteroatoms. The zero-order valence-electron chi connectivity index (χ0n) is 7.06. The lowest BCUT2D eigenvalue weighted by molar-refractivity contribution is 0.341. The lowest BCUT2D eigenvalue weighted by atomic mass is 10.9. The first kappa shape index (κ1) is 13.2. The van der Waals surface area contributed by atoms with Crippen molar-refractivity contribution in [1.29, 1.82) is 0 Å². The fourth-order valence-electron chi connectivity index (χ4n) is 0.471. The number of sulfone groups is 1. The summed E-state index contributed by atoms with van der Waals surface area (Å²) in [6, 6.07) is 0. The van der Waals surface area contributed by atoms with E-state index in [0.717, 1.165) is 6.26 Å². The highest BCUT2D eigenvalue weighted by Gasteiger charge is 2.14. The van der Waals surface area contributed by atoms with Gasteiger partial charge in [0.15, 0.2) is 0 Å². The highest BCUT2D eigenvalue weighted by Crippen LogP contribution is 1.96. The minimum Gasteiger partial charge on any atom is -0.269 e. The van der Waals surface area contributed by atoms with E-state index in [1.807, 2.05) is 0 Å². The van der Waals surface area contributed by atoms with E-state index in [2.05, 4.69) is 4.18 Å². The van der Waals surface area contributed by atoms with Gasteiger partial charge in [0.2, 0.25) is 0 Å². The highest BCUT2D eigenvalue weighted by atomic mass is 35.5. The third kappa shape index (κ3) is 8.48. The second kappa shape index (κ2) is 5.14. The molecule has 80 valence electrons. The molecule has 0 aliphatic rings. The van der Waals surface area contributed by atoms with Gasteiger partial charge >= 0.3 is 0 Å². The van der Waals surface area contributed by atoms with Crippen molar-refractivity contribution in [3.63, 3.8) is 0 Å². The summed E-state index contributed by atoms with van der Waals surface area (Å²) in [6.45, 7) is -0.131. The minimum absolute atomic E-state index is 0.0537. The van der Waals surface area contributed by atoms with E-state index in [1.54, 1.807) is 0 Å². The van der Waals surface area contributed by atoms with E-state index in [0.29, 0.717) is 0 Å². The predicted molar refractivity (Wildman–Crippen MR) is 50.2 cm³/mol. The van der Waals surface area contributed by atoms with E-state index in [1.165, 1.54) is 0 Å². The van der Waals surface area contributed by atoms with Crippen LogP contribution in [0.15, 0.2) is 0 Å². The molecular weight excluding hydrogens is 240 g/mol. The lowest BCUT2D eigenvalue weighted by Crippen LogP contribution is -2.19. The van der Waals surface area contributed by atoms with Crippen LogP contribution >= 0.6 is 11.6 Å². The summed E-state index contributed by atoms with van der Waals surface area (Å²) in [5, 5.41) is 0. The molecule has 0 bridgehead atoms. The number of hydrogen-bond acceptors (Lipinski definition) is 5. The van der Waals surface area contributed by atoms with Crippen LogP contribution in [0.5, 0.6) is 0 Å². The minimum atomic E-state index is -3.74. The molecule has 0 heterocycles. The van der Waals surface area contributed by atoms with E-state index in [-0.39, 0.29) is 12.5 Å². The van der Waals surface area contributed by atoms with E-state index in [4.69, 9.17) is 11.6 Å². The molecule has 0 rings (SSSR count). The fourth-order valence-corrected chi connectivity index (χ4v) is 3.12. The molecule has 0 N–H and O–H groups in total. The standard InChI is InChI=1S/C5H11ClO5S2/c1-12(7,8)4-5-13(9,10)11-3-2-6/h2-5H2,1H3. The Balaban J connectivity index is 4.05. The Kier molecular flexibility index (Phi) is 5.19. The normalized spacial score (nSPS) is 13.1. The van der Waals surface area contributed by atoms with Crippen LogP contribution in [-0.2, 0) is 24.1 Å². The molecule has 0 spiro atoms. The van der Waals surface area contributed by atoms with Gasteiger partial charge in [-0.15, -0.1) is 11.6 Å². The third-order valence-corrected chi connectivity index (χ3v) is 3.63. The zero-order chi connectivity index (χ0) is 10.5. The molecule has 0 atom stereocenters. The molecule has 0 fully saturated rings. The Bertz CT molecular complexity index is 330. The van der Waals surface area contributed by atoms with Gasteiger partial charge in [-0.3, -0.25) is 4.18 Å². The SMILES string of the molecule is CS(=O)(=O)CCS(=O)(=O)OCCCl. The van der Waals surface area contributed by atoms with Crippen LogP contribution in [0, 0.1) is 0 Å². The van der Waals surface area contributed by atoms with Gasteiger partial charge in [0.25, 0.3) is 10.1 Å². The Morgan fingerprint density at radius 3 is 2.08 bits per heavy atom. The van der Waals surface area contributed by atoms with Crippen molar-refractivity contribution in [2.45, 2.75) is 0 Å². The second-order valence-electron chi connectivity index (χ2n) is 2.40. The topological polar surface area (TPSA) is 77.5 Å². The van der Waals surface area contributed by atoms with Gasteiger partial charge < -0.3 is 0 Å². The van der Waals surface area contributed by atoms with E-state index >= 15 is 0 Å². The van der Waals surface area contributed by atoms with E-state index in [9.17, 15) is 16.8 Å². The number of halogens is 1. The zero-order valence-corrected chi connectivity index (χ0v) is 9.45. The molecule has 0 radical (unpaired) electrons. The first-order valence-electron chi connectivity index (χ1n) is 3.37. The van der Waals surface area contributed by atoms with Gasteiger partial charge in [0.05, 0.1) is 18.1 Å². The number of alkyl halides is 1. The summed E-state index contributed by atoms with van der Waals surface area (Å²) in [7, 11) is -7.02. The molecule has 0 saturated carbocycles. The van der Waals surface area contributed by atoms with Crippen LogP contribution in [0.3, 0.4) is 0 Å². The molecule has 0 aromatic rings. The molecule has 0 aromatic heterocycles. The van der Waals surface area contributed by atoms with Crippen LogP contribution < -0.4 is 0 Å². The maximum absolute atomic E-state index is 10.9. The molecule has 5 nitrogen and oxygen atoms in total. The smallest absolute Gasteiger partial charge is 0.268 e. The first-order valence-corrected chi connectivity index (χ1v) is 7.55. The molecule has 0 aromatic carbocycles. The molecule has 0 aliphatic heterocycles. The van der Waals surface area contributed by atoms with Crippen LogP contribution in [0.1, 0.15) is 0 Å². The van der Waals surface area contributed by atoms with Gasteiger partial charge in [-0.25, -0.2) is 8.42 Å². The van der Waals surface area contributed by atoms with Crippen molar-refractivity contribution in [3.8, 4) is 0 Å². The third-order valence-electron chi connectivity index (χ3n) is 1.04. The van der Waals surface area contributed by atoms with Crippen molar-refractivity contribution in [1.82, 2.24) is 0 Å². The molecule has 13 heavy (non-hydrogen) atoms. The van der Waals surface area contributed by atoms with Crippen LogP contribution in [0.2, 0.25) is 0 Å². The summed E-state index contributed by atoms with van der Waals surface area (Å²) < 4.78 is 47.3. The van der Waals surface area contributed by atoms with Gasteiger partial charge in [-0.05, 0) is 0 Å². The summed E-state index contributed by atoms with van der Waals surface area (Å²) in [4.78, 5) is 0. The average molecular weight is 251 g/mol. The molecule has 0 aliphatic carbocycles. The van der Waals surface area contributed by atoms with Gasteiger partial charge in [0, 0.05) is 12.1 Å². The Morgan fingerprint density at radius 1 is 1.15 bits per heavy atom. The molecule has 0 saturated heterocycles. The maximum atomic E-state index is 10.9. The summed E-state index contributed by atoms with van der Waals surface area (Å²) in [6.07, 6.45) is 0.962. The van der Waals surface area contributed by atoms with Crippen LogP contribution in [-0.4, -0.2) is 47.1 Å². The van der Waals surface area contributed by atoms with Gasteiger partial charge in [-0.1, -0.05) is 0 Å². The monoisotopic (exact) mass is 250 g/mol. The average Bonchev–Trinajstić information content (AvgIpc) is 1.97. The second-order valence-corrected chi connectivity index (χ2v) is 6.80.